The number of carbonyl (C=O) groups is 2. The smallest absolute Gasteiger partial charge is 0.323 e. The lowest BCUT2D eigenvalue weighted by Crippen LogP contribution is -2.46. The van der Waals surface area contributed by atoms with Gasteiger partial charge in [-0.1, -0.05) is 13.3 Å². The number of nitrogens with zero attached hydrogens (tertiary/aromatic N) is 1. The van der Waals surface area contributed by atoms with Crippen molar-refractivity contribution in [1.29, 1.82) is 0 Å². The summed E-state index contributed by atoms with van der Waals surface area (Å²) < 4.78 is 0. The Bertz CT molecular complexity index is 251. The van der Waals surface area contributed by atoms with Crippen LogP contribution in [0.5, 0.6) is 0 Å². The second-order valence-corrected chi connectivity index (χ2v) is 3.99. The highest BCUT2D eigenvalue weighted by molar-refractivity contribution is 5.85. The number of hydrogen-bond donors (Lipinski definition) is 2. The van der Waals surface area contributed by atoms with Crippen molar-refractivity contribution in [2.75, 3.05) is 6.54 Å². The molecule has 0 heterocycles. The van der Waals surface area contributed by atoms with Gasteiger partial charge in [0.2, 0.25) is 5.91 Å². The third-order valence-electron chi connectivity index (χ3n) is 2.49. The summed E-state index contributed by atoms with van der Waals surface area (Å²) in [7, 11) is 0. The van der Waals surface area contributed by atoms with E-state index in [2.05, 4.69) is 0 Å². The van der Waals surface area contributed by atoms with Crippen molar-refractivity contribution in [3.8, 4) is 0 Å². The van der Waals surface area contributed by atoms with Crippen molar-refractivity contribution in [3.63, 3.8) is 0 Å². The fourth-order valence-corrected chi connectivity index (χ4v) is 1.57. The Morgan fingerprint density at radius 1 is 1.53 bits per heavy atom. The van der Waals surface area contributed by atoms with Crippen molar-refractivity contribution in [2.45, 2.75) is 44.7 Å². The first kappa shape index (κ1) is 12.0. The zero-order chi connectivity index (χ0) is 11.4. The monoisotopic (exact) mass is 214 g/mol. The summed E-state index contributed by atoms with van der Waals surface area (Å²) in [4.78, 5) is 23.8. The molecule has 0 radical (unpaired) electrons. The summed E-state index contributed by atoms with van der Waals surface area (Å²) >= 11 is 0. The number of carboxylic acids is 1. The van der Waals surface area contributed by atoms with Gasteiger partial charge in [0.05, 0.1) is 6.04 Å². The Balaban J connectivity index is 2.54. The first-order chi connectivity index (χ1) is 7.06. The average Bonchev–Trinajstić information content (AvgIpc) is 2.96. The van der Waals surface area contributed by atoms with E-state index in [4.69, 9.17) is 10.8 Å². The lowest BCUT2D eigenvalue weighted by molar-refractivity contribution is -0.145. The Labute approximate surface area is 89.2 Å². The number of carboxylic acid groups (broad SMARTS) is 1. The van der Waals surface area contributed by atoms with Gasteiger partial charge in [-0.3, -0.25) is 9.59 Å². The number of aliphatic carboxylic acids is 1. The molecule has 3 N–H and O–H groups in total. The second-order valence-electron chi connectivity index (χ2n) is 3.99. The molecule has 0 aliphatic heterocycles. The van der Waals surface area contributed by atoms with E-state index in [1.54, 1.807) is 0 Å². The maximum absolute atomic E-state index is 11.8. The molecule has 1 rings (SSSR count). The lowest BCUT2D eigenvalue weighted by Gasteiger charge is -2.23. The van der Waals surface area contributed by atoms with Crippen molar-refractivity contribution in [2.24, 2.45) is 5.73 Å². The predicted molar refractivity (Wildman–Crippen MR) is 55.3 cm³/mol. The summed E-state index contributed by atoms with van der Waals surface area (Å²) in [5.41, 5.74) is 5.69. The van der Waals surface area contributed by atoms with Crippen LogP contribution in [-0.2, 0) is 9.59 Å². The molecule has 1 saturated carbocycles. The van der Waals surface area contributed by atoms with Crippen molar-refractivity contribution in [1.82, 2.24) is 4.90 Å². The van der Waals surface area contributed by atoms with E-state index >= 15 is 0 Å². The molecule has 5 heteroatoms. The van der Waals surface area contributed by atoms with E-state index in [9.17, 15) is 9.59 Å². The van der Waals surface area contributed by atoms with Crippen LogP contribution in [0.1, 0.15) is 32.6 Å². The number of carbonyl (C=O) groups excluding carboxylic acids is 1. The largest absolute Gasteiger partial charge is 0.480 e. The summed E-state index contributed by atoms with van der Waals surface area (Å²) in [5.74, 6) is -1.19. The number of rotatable bonds is 6. The van der Waals surface area contributed by atoms with Gasteiger partial charge in [-0.2, -0.15) is 0 Å². The van der Waals surface area contributed by atoms with Crippen LogP contribution < -0.4 is 5.73 Å². The van der Waals surface area contributed by atoms with Crippen molar-refractivity contribution >= 4 is 11.9 Å². The fraction of sp³-hybridized carbons (Fsp3) is 0.800. The van der Waals surface area contributed by atoms with Crippen LogP contribution >= 0.6 is 0 Å². The molecule has 1 atom stereocenters. The van der Waals surface area contributed by atoms with E-state index in [0.717, 1.165) is 19.3 Å². The van der Waals surface area contributed by atoms with Crippen LogP contribution in [0.15, 0.2) is 0 Å². The molecule has 5 nitrogen and oxygen atoms in total. The van der Waals surface area contributed by atoms with Gasteiger partial charge in [-0.25, -0.2) is 0 Å². The highest BCUT2D eigenvalue weighted by atomic mass is 16.4. The molecule has 1 fully saturated rings. The second kappa shape index (κ2) is 5.11. The van der Waals surface area contributed by atoms with Crippen LogP contribution in [0.2, 0.25) is 0 Å². The van der Waals surface area contributed by atoms with E-state index in [1.807, 2.05) is 6.92 Å². The summed E-state index contributed by atoms with van der Waals surface area (Å²) in [5, 5.41) is 8.69. The molecule has 0 aromatic rings. The van der Waals surface area contributed by atoms with E-state index < -0.39 is 12.0 Å². The highest BCUT2D eigenvalue weighted by Gasteiger charge is 2.35. The Morgan fingerprint density at radius 2 is 2.13 bits per heavy atom. The molecule has 0 bridgehead atoms. The van der Waals surface area contributed by atoms with Gasteiger partial charge in [0.25, 0.3) is 0 Å². The van der Waals surface area contributed by atoms with E-state index in [1.165, 1.54) is 4.90 Å². The average molecular weight is 214 g/mol. The van der Waals surface area contributed by atoms with Gasteiger partial charge in [-0.05, 0) is 19.3 Å². The topological polar surface area (TPSA) is 83.6 Å². The van der Waals surface area contributed by atoms with Crippen LogP contribution in [0, 0.1) is 0 Å². The van der Waals surface area contributed by atoms with Gasteiger partial charge < -0.3 is 15.7 Å². The SMILES string of the molecule is CCC[C@@H](N)C(=O)N(CC(=O)O)C1CC1. The zero-order valence-electron chi connectivity index (χ0n) is 8.98. The molecule has 1 amide bonds. The summed E-state index contributed by atoms with van der Waals surface area (Å²) in [6.07, 6.45) is 3.25. The van der Waals surface area contributed by atoms with Gasteiger partial charge in [0.1, 0.15) is 6.54 Å². The predicted octanol–water partition coefficient (Wildman–Crippen LogP) is 0.189. The first-order valence-electron chi connectivity index (χ1n) is 5.34. The molecule has 0 unspecified atom stereocenters. The molecular formula is C10H18N2O3. The minimum absolute atomic E-state index is 0.108. The maximum atomic E-state index is 11.8. The molecular weight excluding hydrogens is 196 g/mol. The van der Waals surface area contributed by atoms with Gasteiger partial charge in [-0.15, -0.1) is 0 Å². The molecule has 0 aromatic carbocycles. The third kappa shape index (κ3) is 3.51. The molecule has 0 aromatic heterocycles. The van der Waals surface area contributed by atoms with E-state index in [0.29, 0.717) is 6.42 Å². The quantitative estimate of drug-likeness (QED) is 0.661. The van der Waals surface area contributed by atoms with Crippen molar-refractivity contribution < 1.29 is 14.7 Å². The van der Waals surface area contributed by atoms with E-state index in [-0.39, 0.29) is 18.5 Å². The molecule has 15 heavy (non-hydrogen) atoms. The molecule has 86 valence electrons. The van der Waals surface area contributed by atoms with Gasteiger partial charge >= 0.3 is 5.97 Å². The Kier molecular flexibility index (Phi) is 4.08. The Morgan fingerprint density at radius 3 is 2.53 bits per heavy atom. The molecule has 0 spiro atoms. The highest BCUT2D eigenvalue weighted by Crippen LogP contribution is 2.27. The number of amides is 1. The minimum atomic E-state index is -0.973. The van der Waals surface area contributed by atoms with Crippen LogP contribution in [0.4, 0.5) is 0 Å². The van der Waals surface area contributed by atoms with Crippen molar-refractivity contribution in [3.05, 3.63) is 0 Å². The number of nitrogens with two attached hydrogens (primary N) is 1. The summed E-state index contributed by atoms with van der Waals surface area (Å²) in [6, 6.07) is -0.438. The van der Waals surface area contributed by atoms with Gasteiger partial charge in [0.15, 0.2) is 0 Å². The fourth-order valence-electron chi connectivity index (χ4n) is 1.57. The standard InChI is InChI=1S/C10H18N2O3/c1-2-3-8(11)10(15)12(6-9(13)14)7-4-5-7/h7-8H,2-6,11H2,1H3,(H,13,14)/t8-/m1/s1. The molecule has 1 aliphatic carbocycles. The Hall–Kier alpha value is -1.10. The van der Waals surface area contributed by atoms with Crippen LogP contribution in [-0.4, -0.2) is 40.5 Å². The minimum Gasteiger partial charge on any atom is -0.480 e. The third-order valence-corrected chi connectivity index (χ3v) is 2.49. The normalized spacial score (nSPS) is 17.2. The van der Waals surface area contributed by atoms with Crippen LogP contribution in [0.25, 0.3) is 0 Å². The molecule has 0 saturated heterocycles. The lowest BCUT2D eigenvalue weighted by atomic mass is 10.1. The zero-order valence-corrected chi connectivity index (χ0v) is 8.98. The summed E-state index contributed by atoms with van der Waals surface area (Å²) in [6.45, 7) is 1.73. The van der Waals surface area contributed by atoms with Gasteiger partial charge in [0, 0.05) is 6.04 Å². The maximum Gasteiger partial charge on any atom is 0.323 e. The molecule has 1 aliphatic rings. The number of hydrogen-bond acceptors (Lipinski definition) is 3. The first-order valence-corrected chi connectivity index (χ1v) is 5.34. The van der Waals surface area contributed by atoms with Crippen LogP contribution in [0.3, 0.4) is 0 Å².